The molecule has 2 N–H and O–H groups in total. The molecule has 2 rings (SSSR count). The van der Waals surface area contributed by atoms with E-state index in [9.17, 15) is 0 Å². The van der Waals surface area contributed by atoms with Gasteiger partial charge in [-0.2, -0.15) is 4.98 Å². The average molecular weight is 300 g/mol. The highest BCUT2D eigenvalue weighted by molar-refractivity contribution is 5.58. The van der Waals surface area contributed by atoms with Gasteiger partial charge in [0.2, 0.25) is 5.95 Å². The first-order valence-corrected chi connectivity index (χ1v) is 7.54. The molecule has 5 nitrogen and oxygen atoms in total. The molecule has 1 aromatic heterocycles. The van der Waals surface area contributed by atoms with Crippen LogP contribution in [0.25, 0.3) is 0 Å². The summed E-state index contributed by atoms with van der Waals surface area (Å²) >= 11 is 0. The standard InChI is InChI=1S/C17H24N4O/c1-12(2)14-5-7-15(8-6-14)20-16-11-13(3)19-17(21-16)18-9-10-22-4/h5-8,11-12H,9-10H2,1-4H3,(H2,18,19,20,21). The van der Waals surface area contributed by atoms with Crippen LogP contribution in [0.2, 0.25) is 0 Å². The Hall–Kier alpha value is -2.14. The Bertz CT molecular complexity index is 596. The number of nitrogens with one attached hydrogen (secondary N) is 2. The predicted octanol–water partition coefficient (Wildman–Crippen LogP) is 3.71. The summed E-state index contributed by atoms with van der Waals surface area (Å²) < 4.78 is 5.02. The Labute approximate surface area is 132 Å². The SMILES string of the molecule is COCCNc1nc(C)cc(Nc2ccc(C(C)C)cc2)n1. The van der Waals surface area contributed by atoms with Crippen molar-refractivity contribution < 1.29 is 4.74 Å². The molecule has 5 heteroatoms. The van der Waals surface area contributed by atoms with E-state index < -0.39 is 0 Å². The molecule has 2 aromatic rings. The van der Waals surface area contributed by atoms with Crippen molar-refractivity contribution in [1.82, 2.24) is 9.97 Å². The Morgan fingerprint density at radius 2 is 1.86 bits per heavy atom. The predicted molar refractivity (Wildman–Crippen MR) is 90.9 cm³/mol. The Morgan fingerprint density at radius 1 is 1.14 bits per heavy atom. The molecule has 0 amide bonds. The van der Waals surface area contributed by atoms with Crippen molar-refractivity contribution >= 4 is 17.5 Å². The number of hydrogen-bond donors (Lipinski definition) is 2. The van der Waals surface area contributed by atoms with Gasteiger partial charge in [0.1, 0.15) is 5.82 Å². The van der Waals surface area contributed by atoms with Gasteiger partial charge in [-0.15, -0.1) is 0 Å². The minimum absolute atomic E-state index is 0.534. The van der Waals surface area contributed by atoms with E-state index in [2.05, 4.69) is 58.7 Å². The van der Waals surface area contributed by atoms with E-state index in [1.807, 2.05) is 13.0 Å². The molecule has 0 saturated heterocycles. The Balaban J connectivity index is 2.08. The lowest BCUT2D eigenvalue weighted by Gasteiger charge is -2.11. The van der Waals surface area contributed by atoms with Gasteiger partial charge in [-0.05, 0) is 30.5 Å². The summed E-state index contributed by atoms with van der Waals surface area (Å²) in [5.41, 5.74) is 3.26. The van der Waals surface area contributed by atoms with Crippen LogP contribution in [0, 0.1) is 6.92 Å². The van der Waals surface area contributed by atoms with Gasteiger partial charge in [0.25, 0.3) is 0 Å². The number of aromatic nitrogens is 2. The molecular formula is C17H24N4O. The van der Waals surface area contributed by atoms with E-state index in [-0.39, 0.29) is 0 Å². The summed E-state index contributed by atoms with van der Waals surface area (Å²) in [5.74, 6) is 1.93. The molecule has 0 radical (unpaired) electrons. The lowest BCUT2D eigenvalue weighted by Crippen LogP contribution is -2.11. The number of benzene rings is 1. The number of rotatable bonds is 7. The summed E-state index contributed by atoms with van der Waals surface area (Å²) in [6, 6.07) is 10.4. The molecule has 0 bridgehead atoms. The number of hydrogen-bond acceptors (Lipinski definition) is 5. The maximum absolute atomic E-state index is 5.02. The fourth-order valence-electron chi connectivity index (χ4n) is 2.08. The molecule has 1 heterocycles. The van der Waals surface area contributed by atoms with Gasteiger partial charge in [-0.3, -0.25) is 0 Å². The summed E-state index contributed by atoms with van der Waals surface area (Å²) in [6.07, 6.45) is 0. The molecule has 0 unspecified atom stereocenters. The number of methoxy groups -OCH3 is 1. The van der Waals surface area contributed by atoms with Gasteiger partial charge in [-0.1, -0.05) is 26.0 Å². The maximum atomic E-state index is 5.02. The van der Waals surface area contributed by atoms with Crippen LogP contribution in [0.15, 0.2) is 30.3 Å². The molecule has 0 aliphatic heterocycles. The van der Waals surface area contributed by atoms with E-state index >= 15 is 0 Å². The van der Waals surface area contributed by atoms with Crippen LogP contribution < -0.4 is 10.6 Å². The van der Waals surface area contributed by atoms with Gasteiger partial charge < -0.3 is 15.4 Å². The molecule has 118 valence electrons. The highest BCUT2D eigenvalue weighted by Crippen LogP contribution is 2.20. The van der Waals surface area contributed by atoms with Gasteiger partial charge in [-0.25, -0.2) is 4.98 Å². The van der Waals surface area contributed by atoms with Gasteiger partial charge in [0.15, 0.2) is 0 Å². The zero-order chi connectivity index (χ0) is 15.9. The number of aryl methyl sites for hydroxylation is 1. The molecule has 22 heavy (non-hydrogen) atoms. The van der Waals surface area contributed by atoms with E-state index in [0.717, 1.165) is 17.2 Å². The van der Waals surface area contributed by atoms with Gasteiger partial charge in [0, 0.05) is 31.1 Å². The first kappa shape index (κ1) is 16.2. The minimum Gasteiger partial charge on any atom is -0.383 e. The molecule has 0 aliphatic rings. The van der Waals surface area contributed by atoms with E-state index in [1.54, 1.807) is 7.11 Å². The summed E-state index contributed by atoms with van der Waals surface area (Å²) in [6.45, 7) is 7.64. The van der Waals surface area contributed by atoms with Crippen LogP contribution in [0.3, 0.4) is 0 Å². The third-order valence-corrected chi connectivity index (χ3v) is 3.29. The Kier molecular flexibility index (Phi) is 5.72. The maximum Gasteiger partial charge on any atom is 0.224 e. The van der Waals surface area contributed by atoms with Gasteiger partial charge in [0.05, 0.1) is 6.61 Å². The van der Waals surface area contributed by atoms with E-state index in [1.165, 1.54) is 5.56 Å². The van der Waals surface area contributed by atoms with Crippen molar-refractivity contribution in [3.63, 3.8) is 0 Å². The minimum atomic E-state index is 0.534. The number of anilines is 3. The number of ether oxygens (including phenoxy) is 1. The average Bonchev–Trinajstić information content (AvgIpc) is 2.47. The molecule has 0 spiro atoms. The topological polar surface area (TPSA) is 59.1 Å². The molecule has 0 aliphatic carbocycles. The van der Waals surface area contributed by atoms with E-state index in [4.69, 9.17) is 4.74 Å². The smallest absolute Gasteiger partial charge is 0.224 e. The van der Waals surface area contributed by atoms with Crippen molar-refractivity contribution in [3.8, 4) is 0 Å². The fourth-order valence-corrected chi connectivity index (χ4v) is 2.08. The fraction of sp³-hybridized carbons (Fsp3) is 0.412. The van der Waals surface area contributed by atoms with Crippen LogP contribution >= 0.6 is 0 Å². The van der Waals surface area contributed by atoms with E-state index in [0.29, 0.717) is 25.0 Å². The summed E-state index contributed by atoms with van der Waals surface area (Å²) in [5, 5.41) is 6.47. The molecule has 1 aromatic carbocycles. The largest absolute Gasteiger partial charge is 0.383 e. The van der Waals surface area contributed by atoms with Crippen LogP contribution in [-0.2, 0) is 4.74 Å². The number of nitrogens with zero attached hydrogens (tertiary/aromatic N) is 2. The third kappa shape index (κ3) is 4.70. The quantitative estimate of drug-likeness (QED) is 0.763. The van der Waals surface area contributed by atoms with Crippen LogP contribution in [0.5, 0.6) is 0 Å². The second-order valence-corrected chi connectivity index (χ2v) is 5.54. The van der Waals surface area contributed by atoms with Crippen LogP contribution in [-0.4, -0.2) is 30.2 Å². The lowest BCUT2D eigenvalue weighted by molar-refractivity contribution is 0.210. The second kappa shape index (κ2) is 7.75. The highest BCUT2D eigenvalue weighted by atomic mass is 16.5. The summed E-state index contributed by atoms with van der Waals surface area (Å²) in [4.78, 5) is 8.84. The third-order valence-electron chi connectivity index (χ3n) is 3.29. The summed E-state index contributed by atoms with van der Waals surface area (Å²) in [7, 11) is 1.67. The normalized spacial score (nSPS) is 10.8. The van der Waals surface area contributed by atoms with Crippen LogP contribution in [0.4, 0.5) is 17.5 Å². The second-order valence-electron chi connectivity index (χ2n) is 5.54. The van der Waals surface area contributed by atoms with Crippen molar-refractivity contribution in [2.24, 2.45) is 0 Å². The highest BCUT2D eigenvalue weighted by Gasteiger charge is 2.03. The van der Waals surface area contributed by atoms with Crippen molar-refractivity contribution in [1.29, 1.82) is 0 Å². The lowest BCUT2D eigenvalue weighted by atomic mass is 10.0. The van der Waals surface area contributed by atoms with Crippen molar-refractivity contribution in [2.45, 2.75) is 26.7 Å². The first-order chi connectivity index (χ1) is 10.6. The van der Waals surface area contributed by atoms with Gasteiger partial charge >= 0.3 is 0 Å². The van der Waals surface area contributed by atoms with Crippen molar-refractivity contribution in [2.75, 3.05) is 30.9 Å². The first-order valence-electron chi connectivity index (χ1n) is 7.54. The monoisotopic (exact) mass is 300 g/mol. The van der Waals surface area contributed by atoms with Crippen LogP contribution in [0.1, 0.15) is 31.0 Å². The molecule has 0 atom stereocenters. The molecular weight excluding hydrogens is 276 g/mol. The molecule has 0 saturated carbocycles. The zero-order valence-corrected chi connectivity index (χ0v) is 13.7. The molecule has 0 fully saturated rings. The zero-order valence-electron chi connectivity index (χ0n) is 13.7. The van der Waals surface area contributed by atoms with Crippen molar-refractivity contribution in [3.05, 3.63) is 41.6 Å². The Morgan fingerprint density at radius 3 is 2.50 bits per heavy atom.